The predicted octanol–water partition coefficient (Wildman–Crippen LogP) is 2.26. The van der Waals surface area contributed by atoms with Crippen molar-refractivity contribution in [2.24, 2.45) is 5.92 Å². The first kappa shape index (κ1) is 15.1. The molecule has 0 bridgehead atoms. The molecule has 0 spiro atoms. The van der Waals surface area contributed by atoms with Gasteiger partial charge in [0.25, 0.3) is 0 Å². The van der Waals surface area contributed by atoms with Crippen LogP contribution < -0.4 is 5.32 Å². The fourth-order valence-corrected chi connectivity index (χ4v) is 2.88. The van der Waals surface area contributed by atoms with Gasteiger partial charge in [-0.05, 0) is 36.5 Å². The highest BCUT2D eigenvalue weighted by molar-refractivity contribution is 6.31. The van der Waals surface area contributed by atoms with Crippen LogP contribution in [0.2, 0.25) is 5.02 Å². The third-order valence-electron chi connectivity index (χ3n) is 3.84. The standard InChI is InChI=1S/C15H20ClNO3/c16-13-8-12(18)6-5-11(13)7-15(20)17-9-14(19)10-3-1-2-4-10/h5-6,8,10,14,18-19H,1-4,7,9H2,(H,17,20). The maximum Gasteiger partial charge on any atom is 0.224 e. The van der Waals surface area contributed by atoms with Crippen molar-refractivity contribution in [3.63, 3.8) is 0 Å². The summed E-state index contributed by atoms with van der Waals surface area (Å²) in [7, 11) is 0. The second-order valence-electron chi connectivity index (χ2n) is 5.37. The van der Waals surface area contributed by atoms with Crippen LogP contribution in [-0.4, -0.2) is 28.8 Å². The number of halogens is 1. The van der Waals surface area contributed by atoms with Crippen molar-refractivity contribution in [1.29, 1.82) is 0 Å². The van der Waals surface area contributed by atoms with Gasteiger partial charge >= 0.3 is 0 Å². The van der Waals surface area contributed by atoms with E-state index in [1.54, 1.807) is 6.07 Å². The number of phenolic OH excluding ortho intramolecular Hbond substituents is 1. The molecule has 20 heavy (non-hydrogen) atoms. The van der Waals surface area contributed by atoms with Crippen LogP contribution in [0.5, 0.6) is 5.75 Å². The average Bonchev–Trinajstić information content (AvgIpc) is 2.93. The van der Waals surface area contributed by atoms with E-state index in [1.165, 1.54) is 25.0 Å². The van der Waals surface area contributed by atoms with Gasteiger partial charge < -0.3 is 15.5 Å². The predicted molar refractivity (Wildman–Crippen MR) is 77.8 cm³/mol. The lowest BCUT2D eigenvalue weighted by atomic mass is 10.0. The molecule has 1 aliphatic rings. The largest absolute Gasteiger partial charge is 0.508 e. The molecule has 1 atom stereocenters. The minimum absolute atomic E-state index is 0.0795. The van der Waals surface area contributed by atoms with E-state index in [4.69, 9.17) is 11.6 Å². The van der Waals surface area contributed by atoms with E-state index in [1.807, 2.05) is 0 Å². The van der Waals surface area contributed by atoms with Gasteiger partial charge in [0.05, 0.1) is 12.5 Å². The molecule has 1 aromatic carbocycles. The second kappa shape index (κ2) is 6.95. The number of benzene rings is 1. The van der Waals surface area contributed by atoms with E-state index in [0.29, 0.717) is 23.0 Å². The van der Waals surface area contributed by atoms with Crippen molar-refractivity contribution in [2.45, 2.75) is 38.2 Å². The number of amides is 1. The summed E-state index contributed by atoms with van der Waals surface area (Å²) in [4.78, 5) is 11.8. The van der Waals surface area contributed by atoms with Crippen LogP contribution in [0.4, 0.5) is 0 Å². The van der Waals surface area contributed by atoms with Crippen LogP contribution in [0.25, 0.3) is 0 Å². The Hall–Kier alpha value is -1.26. The van der Waals surface area contributed by atoms with Gasteiger partial charge in [-0.3, -0.25) is 4.79 Å². The number of aliphatic hydroxyl groups is 1. The van der Waals surface area contributed by atoms with Crippen molar-refractivity contribution in [2.75, 3.05) is 6.54 Å². The van der Waals surface area contributed by atoms with E-state index in [-0.39, 0.29) is 18.1 Å². The Bertz CT molecular complexity index is 472. The van der Waals surface area contributed by atoms with E-state index >= 15 is 0 Å². The molecule has 1 amide bonds. The highest BCUT2D eigenvalue weighted by Crippen LogP contribution is 2.27. The van der Waals surface area contributed by atoms with Crippen molar-refractivity contribution < 1.29 is 15.0 Å². The molecule has 5 heteroatoms. The summed E-state index contributed by atoms with van der Waals surface area (Å²) in [6, 6.07) is 4.55. The fraction of sp³-hybridized carbons (Fsp3) is 0.533. The Morgan fingerprint density at radius 1 is 1.40 bits per heavy atom. The highest BCUT2D eigenvalue weighted by Gasteiger charge is 2.23. The fourth-order valence-electron chi connectivity index (χ4n) is 2.64. The molecule has 0 aliphatic heterocycles. The van der Waals surface area contributed by atoms with Crippen molar-refractivity contribution in [3.8, 4) is 5.75 Å². The number of carbonyl (C=O) groups excluding carboxylic acids is 1. The Kier molecular flexibility index (Phi) is 5.26. The maximum absolute atomic E-state index is 11.8. The molecule has 3 N–H and O–H groups in total. The first-order valence-electron chi connectivity index (χ1n) is 6.98. The SMILES string of the molecule is O=C(Cc1ccc(O)cc1Cl)NCC(O)C1CCCC1. The second-order valence-corrected chi connectivity index (χ2v) is 5.78. The van der Waals surface area contributed by atoms with Crippen LogP contribution in [0.1, 0.15) is 31.2 Å². The maximum atomic E-state index is 11.8. The summed E-state index contributed by atoms with van der Waals surface area (Å²) < 4.78 is 0. The molecule has 0 radical (unpaired) electrons. The average molecular weight is 298 g/mol. The van der Waals surface area contributed by atoms with Gasteiger partial charge in [0.1, 0.15) is 5.75 Å². The van der Waals surface area contributed by atoms with Gasteiger partial charge in [-0.2, -0.15) is 0 Å². The molecular formula is C15H20ClNO3. The van der Waals surface area contributed by atoms with E-state index in [0.717, 1.165) is 12.8 Å². The number of hydrogen-bond acceptors (Lipinski definition) is 3. The third-order valence-corrected chi connectivity index (χ3v) is 4.19. The zero-order valence-corrected chi connectivity index (χ0v) is 12.1. The van der Waals surface area contributed by atoms with Crippen molar-refractivity contribution >= 4 is 17.5 Å². The number of hydrogen-bond donors (Lipinski definition) is 3. The number of rotatable bonds is 5. The molecule has 1 aromatic rings. The van der Waals surface area contributed by atoms with E-state index < -0.39 is 6.10 Å². The van der Waals surface area contributed by atoms with Gasteiger partial charge in [0.15, 0.2) is 0 Å². The van der Waals surface area contributed by atoms with Crippen molar-refractivity contribution in [1.82, 2.24) is 5.32 Å². The monoisotopic (exact) mass is 297 g/mol. The van der Waals surface area contributed by atoms with Crippen LogP contribution >= 0.6 is 11.6 Å². The minimum Gasteiger partial charge on any atom is -0.508 e. The number of aliphatic hydroxyl groups excluding tert-OH is 1. The zero-order valence-electron chi connectivity index (χ0n) is 11.3. The Morgan fingerprint density at radius 2 is 2.10 bits per heavy atom. The molecule has 110 valence electrons. The molecule has 0 aromatic heterocycles. The van der Waals surface area contributed by atoms with Crippen LogP contribution in [0.15, 0.2) is 18.2 Å². The summed E-state index contributed by atoms with van der Waals surface area (Å²) >= 11 is 5.95. The Balaban J connectivity index is 1.80. The summed E-state index contributed by atoms with van der Waals surface area (Å²) in [6.07, 6.45) is 4.10. The lowest BCUT2D eigenvalue weighted by Crippen LogP contribution is -2.36. The molecule has 2 rings (SSSR count). The molecule has 1 aliphatic carbocycles. The smallest absolute Gasteiger partial charge is 0.224 e. The van der Waals surface area contributed by atoms with E-state index in [2.05, 4.69) is 5.32 Å². The minimum atomic E-state index is -0.461. The van der Waals surface area contributed by atoms with Crippen LogP contribution in [-0.2, 0) is 11.2 Å². The molecule has 1 unspecified atom stereocenters. The van der Waals surface area contributed by atoms with Gasteiger partial charge in [-0.25, -0.2) is 0 Å². The molecule has 4 nitrogen and oxygen atoms in total. The number of carbonyl (C=O) groups is 1. The summed E-state index contributed by atoms with van der Waals surface area (Å²) in [6.45, 7) is 0.291. The van der Waals surface area contributed by atoms with E-state index in [9.17, 15) is 15.0 Å². The van der Waals surface area contributed by atoms with Crippen molar-refractivity contribution in [3.05, 3.63) is 28.8 Å². The Morgan fingerprint density at radius 3 is 2.75 bits per heavy atom. The summed E-state index contributed by atoms with van der Waals surface area (Å²) in [5, 5.41) is 22.3. The number of aromatic hydroxyl groups is 1. The first-order chi connectivity index (χ1) is 9.56. The topological polar surface area (TPSA) is 69.6 Å². The molecule has 0 heterocycles. The summed E-state index contributed by atoms with van der Waals surface area (Å²) in [5.74, 6) is 0.220. The number of phenols is 1. The van der Waals surface area contributed by atoms with Gasteiger partial charge in [0, 0.05) is 11.6 Å². The lowest BCUT2D eigenvalue weighted by Gasteiger charge is -2.18. The lowest BCUT2D eigenvalue weighted by molar-refractivity contribution is -0.121. The number of nitrogens with one attached hydrogen (secondary N) is 1. The van der Waals surface area contributed by atoms with Gasteiger partial charge in [-0.15, -0.1) is 0 Å². The quantitative estimate of drug-likeness (QED) is 0.781. The normalized spacial score (nSPS) is 17.1. The highest BCUT2D eigenvalue weighted by atomic mass is 35.5. The molecule has 1 saturated carbocycles. The third kappa shape index (κ3) is 4.12. The zero-order chi connectivity index (χ0) is 14.5. The van der Waals surface area contributed by atoms with Gasteiger partial charge in [0.2, 0.25) is 5.91 Å². The molecule has 1 fully saturated rings. The molecule has 0 saturated heterocycles. The van der Waals surface area contributed by atoms with Gasteiger partial charge in [-0.1, -0.05) is 30.5 Å². The van der Waals surface area contributed by atoms with Crippen LogP contribution in [0.3, 0.4) is 0 Å². The van der Waals surface area contributed by atoms with Crippen LogP contribution in [0, 0.1) is 5.92 Å². The summed E-state index contributed by atoms with van der Waals surface area (Å²) in [5.41, 5.74) is 0.664. The Labute approximate surface area is 123 Å². The first-order valence-corrected chi connectivity index (χ1v) is 7.36. The molecular weight excluding hydrogens is 278 g/mol.